The number of rotatable bonds is 8. The van der Waals surface area contributed by atoms with Crippen LogP contribution in [0, 0.1) is 6.92 Å². The summed E-state index contributed by atoms with van der Waals surface area (Å²) in [5, 5.41) is 3.03. The van der Waals surface area contributed by atoms with Gasteiger partial charge in [0.1, 0.15) is 10.6 Å². The molecule has 1 N–H and O–H groups in total. The molecule has 0 aliphatic heterocycles. The molecule has 9 nitrogen and oxygen atoms in total. The molecular weight excluding hydrogens is 446 g/mol. The minimum absolute atomic E-state index is 0.193. The Bertz CT molecular complexity index is 1140. The van der Waals surface area contributed by atoms with Crippen LogP contribution in [-0.4, -0.2) is 46.8 Å². The van der Waals surface area contributed by atoms with E-state index in [9.17, 15) is 14.4 Å². The second kappa shape index (κ2) is 10.8. The number of thioether (sulfide) groups is 1. The van der Waals surface area contributed by atoms with Gasteiger partial charge in [-0.1, -0.05) is 0 Å². The van der Waals surface area contributed by atoms with Crippen LogP contribution in [0.15, 0.2) is 52.1 Å². The van der Waals surface area contributed by atoms with Crippen LogP contribution in [0.3, 0.4) is 0 Å². The molecule has 1 aromatic carbocycles. The molecule has 3 aromatic rings. The molecule has 0 atom stereocenters. The van der Waals surface area contributed by atoms with Crippen LogP contribution in [-0.2, 0) is 14.3 Å². The fourth-order valence-electron chi connectivity index (χ4n) is 2.82. The monoisotopic (exact) mass is 469 g/mol. The highest BCUT2D eigenvalue weighted by molar-refractivity contribution is 7.98. The zero-order valence-corrected chi connectivity index (χ0v) is 19.4. The first-order chi connectivity index (χ1) is 15.8. The Kier molecular flexibility index (Phi) is 7.83. The Labute approximate surface area is 194 Å². The summed E-state index contributed by atoms with van der Waals surface area (Å²) in [6, 6.07) is 9.65. The summed E-state index contributed by atoms with van der Waals surface area (Å²) in [5.41, 5.74) is 1.42. The molecule has 0 aliphatic carbocycles. The molecule has 0 aliphatic rings. The number of amides is 1. The first-order valence-corrected chi connectivity index (χ1v) is 11.3. The highest BCUT2D eigenvalue weighted by Crippen LogP contribution is 2.25. The van der Waals surface area contributed by atoms with E-state index in [2.05, 4.69) is 15.3 Å². The summed E-state index contributed by atoms with van der Waals surface area (Å²) in [4.78, 5) is 45.4. The van der Waals surface area contributed by atoms with E-state index < -0.39 is 24.5 Å². The highest BCUT2D eigenvalue weighted by atomic mass is 32.2. The Morgan fingerprint density at radius 2 is 1.82 bits per heavy atom. The number of hydrogen-bond donors (Lipinski definition) is 1. The summed E-state index contributed by atoms with van der Waals surface area (Å²) in [6.07, 6.45) is 3.06. The summed E-state index contributed by atoms with van der Waals surface area (Å²) >= 11 is 1.26. The van der Waals surface area contributed by atoms with Crippen LogP contribution in [0.25, 0.3) is 11.6 Å². The van der Waals surface area contributed by atoms with Gasteiger partial charge in [0.05, 0.1) is 23.6 Å². The number of nitrogens with zero attached hydrogens (tertiary/aromatic N) is 2. The first kappa shape index (κ1) is 24.0. The van der Waals surface area contributed by atoms with Crippen molar-refractivity contribution >= 4 is 35.3 Å². The number of nitrogens with one attached hydrogen (secondary N) is 1. The zero-order valence-electron chi connectivity index (χ0n) is 18.6. The number of aryl methyl sites for hydroxylation is 1. The van der Waals surface area contributed by atoms with Crippen LogP contribution in [0.2, 0.25) is 0 Å². The average Bonchev–Trinajstić information content (AvgIpc) is 3.32. The van der Waals surface area contributed by atoms with Gasteiger partial charge in [0.2, 0.25) is 0 Å². The molecule has 2 heterocycles. The second-order valence-corrected chi connectivity index (χ2v) is 7.94. The molecule has 172 valence electrons. The molecular formula is C23H23N3O6S. The molecule has 0 fully saturated rings. The minimum Gasteiger partial charge on any atom is -0.461 e. The Balaban J connectivity index is 1.61. The maximum atomic E-state index is 12.6. The lowest BCUT2D eigenvalue weighted by Crippen LogP contribution is -2.22. The van der Waals surface area contributed by atoms with Gasteiger partial charge in [0.15, 0.2) is 18.2 Å². The maximum Gasteiger partial charge on any atom is 0.343 e. The SMILES string of the molecule is CSc1nc(-c2ccco2)nc(C)c1C(=O)OCC(=O)Nc1ccc(C(=O)OC(C)C)cc1. The number of aromatic nitrogens is 2. The predicted molar refractivity (Wildman–Crippen MR) is 122 cm³/mol. The summed E-state index contributed by atoms with van der Waals surface area (Å²) < 4.78 is 15.6. The first-order valence-electron chi connectivity index (χ1n) is 10.0. The number of anilines is 1. The fourth-order valence-corrected chi connectivity index (χ4v) is 3.43. The number of carbonyl (C=O) groups is 3. The minimum atomic E-state index is -0.704. The van der Waals surface area contributed by atoms with Crippen LogP contribution in [0.5, 0.6) is 0 Å². The van der Waals surface area contributed by atoms with Crippen molar-refractivity contribution in [3.63, 3.8) is 0 Å². The number of furan rings is 1. The van der Waals surface area contributed by atoms with E-state index in [1.54, 1.807) is 63.4 Å². The molecule has 0 radical (unpaired) electrons. The van der Waals surface area contributed by atoms with Crippen molar-refractivity contribution in [2.45, 2.75) is 31.9 Å². The molecule has 0 spiro atoms. The average molecular weight is 470 g/mol. The third-order valence-electron chi connectivity index (χ3n) is 4.28. The Morgan fingerprint density at radius 3 is 2.42 bits per heavy atom. The van der Waals surface area contributed by atoms with Crippen molar-refractivity contribution < 1.29 is 28.3 Å². The molecule has 0 unspecified atom stereocenters. The topological polar surface area (TPSA) is 121 Å². The molecule has 2 aromatic heterocycles. The van der Waals surface area contributed by atoms with E-state index in [0.717, 1.165) is 0 Å². The van der Waals surface area contributed by atoms with Gasteiger partial charge in [-0.2, -0.15) is 0 Å². The largest absolute Gasteiger partial charge is 0.461 e. The lowest BCUT2D eigenvalue weighted by Gasteiger charge is -2.11. The van der Waals surface area contributed by atoms with Gasteiger partial charge in [0, 0.05) is 5.69 Å². The number of carbonyl (C=O) groups excluding carboxylic acids is 3. The number of hydrogen-bond acceptors (Lipinski definition) is 9. The molecule has 0 bridgehead atoms. The van der Waals surface area contributed by atoms with Gasteiger partial charge >= 0.3 is 11.9 Å². The summed E-state index contributed by atoms with van der Waals surface area (Å²) in [7, 11) is 0. The van der Waals surface area contributed by atoms with Crippen LogP contribution in [0.1, 0.15) is 40.3 Å². The maximum absolute atomic E-state index is 12.6. The molecule has 33 heavy (non-hydrogen) atoms. The van der Waals surface area contributed by atoms with Crippen LogP contribution < -0.4 is 5.32 Å². The molecule has 1 amide bonds. The molecule has 0 saturated carbocycles. The number of ether oxygens (including phenoxy) is 2. The van der Waals surface area contributed by atoms with Gasteiger partial charge in [-0.05, 0) is 63.4 Å². The van der Waals surface area contributed by atoms with Crippen molar-refractivity contribution in [3.8, 4) is 11.6 Å². The quantitative estimate of drug-likeness (QED) is 0.295. The fraction of sp³-hybridized carbons (Fsp3) is 0.261. The third-order valence-corrected chi connectivity index (χ3v) is 4.96. The Hall–Kier alpha value is -3.66. The standard InChI is InChI=1S/C23H23N3O6S/c1-13(2)32-22(28)15-7-9-16(10-8-15)25-18(27)12-31-23(29)19-14(3)24-20(26-21(19)33-4)17-6-5-11-30-17/h5-11,13H,12H2,1-4H3,(H,25,27). The molecule has 0 saturated heterocycles. The molecule has 10 heteroatoms. The third kappa shape index (κ3) is 6.19. The Morgan fingerprint density at radius 1 is 1.09 bits per heavy atom. The highest BCUT2D eigenvalue weighted by Gasteiger charge is 2.22. The second-order valence-electron chi connectivity index (χ2n) is 7.15. The van der Waals surface area contributed by atoms with Crippen molar-refractivity contribution in [2.75, 3.05) is 18.2 Å². The van der Waals surface area contributed by atoms with Gasteiger partial charge in [-0.15, -0.1) is 11.8 Å². The van der Waals surface area contributed by atoms with Gasteiger partial charge in [-0.3, -0.25) is 4.79 Å². The van der Waals surface area contributed by atoms with Crippen molar-refractivity contribution in [2.24, 2.45) is 0 Å². The smallest absolute Gasteiger partial charge is 0.343 e. The van der Waals surface area contributed by atoms with E-state index in [1.165, 1.54) is 18.0 Å². The molecule has 3 rings (SSSR count). The van der Waals surface area contributed by atoms with Crippen molar-refractivity contribution in [1.82, 2.24) is 9.97 Å². The van der Waals surface area contributed by atoms with Crippen molar-refractivity contribution in [3.05, 3.63) is 59.5 Å². The van der Waals surface area contributed by atoms with Crippen molar-refractivity contribution in [1.29, 1.82) is 0 Å². The summed E-state index contributed by atoms with van der Waals surface area (Å²) in [6.45, 7) is 4.69. The van der Waals surface area contributed by atoms with Gasteiger partial charge in [0.25, 0.3) is 5.91 Å². The van der Waals surface area contributed by atoms with Gasteiger partial charge in [-0.25, -0.2) is 19.6 Å². The van der Waals surface area contributed by atoms with E-state index in [4.69, 9.17) is 13.9 Å². The van der Waals surface area contributed by atoms with E-state index in [1.807, 2.05) is 0 Å². The lowest BCUT2D eigenvalue weighted by atomic mass is 10.2. The van der Waals surface area contributed by atoms with Gasteiger partial charge < -0.3 is 19.2 Å². The van der Waals surface area contributed by atoms with E-state index >= 15 is 0 Å². The normalized spacial score (nSPS) is 10.7. The summed E-state index contributed by atoms with van der Waals surface area (Å²) in [5.74, 6) is -0.841. The van der Waals surface area contributed by atoms with E-state index in [-0.39, 0.29) is 11.7 Å². The van der Waals surface area contributed by atoms with E-state index in [0.29, 0.717) is 33.6 Å². The number of benzene rings is 1. The van der Waals surface area contributed by atoms with Crippen LogP contribution in [0.4, 0.5) is 5.69 Å². The predicted octanol–water partition coefficient (Wildman–Crippen LogP) is 4.13. The van der Waals surface area contributed by atoms with Crippen LogP contribution >= 0.6 is 11.8 Å². The zero-order chi connectivity index (χ0) is 24.0. The lowest BCUT2D eigenvalue weighted by molar-refractivity contribution is -0.119. The number of esters is 2.